The Hall–Kier alpha value is -0.210. The Morgan fingerprint density at radius 3 is 3.08 bits per heavy atom. The molecule has 64 valence electrons. The second kappa shape index (κ2) is 2.93. The first kappa shape index (κ1) is 8.39. The van der Waals surface area contributed by atoms with Crippen molar-refractivity contribution in [3.05, 3.63) is 26.7 Å². The summed E-state index contributed by atoms with van der Waals surface area (Å²) in [6.07, 6.45) is 1.04. The summed E-state index contributed by atoms with van der Waals surface area (Å²) < 4.78 is 1.12. The maximum Gasteiger partial charge on any atom is 0.0533 e. The lowest BCUT2D eigenvalue weighted by molar-refractivity contribution is 1.10. The lowest BCUT2D eigenvalue weighted by atomic mass is 10.1. The molecule has 1 heterocycles. The first-order chi connectivity index (χ1) is 5.70. The SMILES string of the molecule is Cc1cc(Br)c2c(c1Cl)CCN2. The van der Waals surface area contributed by atoms with Gasteiger partial charge in [0.15, 0.2) is 0 Å². The van der Waals surface area contributed by atoms with E-state index in [1.807, 2.05) is 6.92 Å². The molecule has 1 N–H and O–H groups in total. The highest BCUT2D eigenvalue weighted by Crippen LogP contribution is 2.37. The molecule has 0 aromatic heterocycles. The highest BCUT2D eigenvalue weighted by molar-refractivity contribution is 9.10. The summed E-state index contributed by atoms with van der Waals surface area (Å²) in [4.78, 5) is 0. The molecule has 0 spiro atoms. The lowest BCUT2D eigenvalue weighted by Gasteiger charge is -2.07. The molecule has 1 aromatic carbocycles. The first-order valence-electron chi connectivity index (χ1n) is 3.91. The van der Waals surface area contributed by atoms with Gasteiger partial charge < -0.3 is 5.32 Å². The number of nitrogens with one attached hydrogen (secondary N) is 1. The minimum Gasteiger partial charge on any atom is -0.384 e. The number of halogens is 2. The Morgan fingerprint density at radius 2 is 2.33 bits per heavy atom. The predicted molar refractivity (Wildman–Crippen MR) is 56.1 cm³/mol. The molecule has 1 nitrogen and oxygen atoms in total. The van der Waals surface area contributed by atoms with Crippen LogP contribution in [0.4, 0.5) is 5.69 Å². The van der Waals surface area contributed by atoms with Gasteiger partial charge in [-0.15, -0.1) is 0 Å². The van der Waals surface area contributed by atoms with E-state index in [4.69, 9.17) is 11.6 Å². The van der Waals surface area contributed by atoms with E-state index < -0.39 is 0 Å². The number of aryl methyl sites for hydroxylation is 1. The molecule has 0 unspecified atom stereocenters. The van der Waals surface area contributed by atoms with Crippen LogP contribution >= 0.6 is 27.5 Å². The van der Waals surface area contributed by atoms with Crippen LogP contribution in [0, 0.1) is 6.92 Å². The first-order valence-corrected chi connectivity index (χ1v) is 5.08. The topological polar surface area (TPSA) is 12.0 Å². The molecule has 0 fully saturated rings. The molecule has 0 saturated carbocycles. The molecule has 2 rings (SSSR count). The van der Waals surface area contributed by atoms with Crippen LogP contribution in [0.1, 0.15) is 11.1 Å². The Labute approximate surface area is 85.2 Å². The van der Waals surface area contributed by atoms with Crippen LogP contribution in [0.3, 0.4) is 0 Å². The summed E-state index contributed by atoms with van der Waals surface area (Å²) in [5, 5.41) is 4.22. The molecule has 0 bridgehead atoms. The van der Waals surface area contributed by atoms with Crippen molar-refractivity contribution in [2.75, 3.05) is 11.9 Å². The van der Waals surface area contributed by atoms with Gasteiger partial charge in [0.2, 0.25) is 0 Å². The smallest absolute Gasteiger partial charge is 0.0533 e. The van der Waals surface area contributed by atoms with Gasteiger partial charge in [-0.05, 0) is 46.5 Å². The minimum atomic E-state index is 0.915. The fourth-order valence-corrected chi connectivity index (χ4v) is 2.52. The Balaban J connectivity index is 2.69. The summed E-state index contributed by atoms with van der Waals surface area (Å²) >= 11 is 9.66. The highest BCUT2D eigenvalue weighted by atomic mass is 79.9. The molecule has 0 radical (unpaired) electrons. The van der Waals surface area contributed by atoms with Gasteiger partial charge in [0.25, 0.3) is 0 Å². The Kier molecular flexibility index (Phi) is 2.05. The maximum absolute atomic E-state index is 6.15. The van der Waals surface area contributed by atoms with Gasteiger partial charge in [-0.2, -0.15) is 0 Å². The van der Waals surface area contributed by atoms with Gasteiger partial charge in [0.1, 0.15) is 0 Å². The number of hydrogen-bond donors (Lipinski definition) is 1. The molecule has 0 aliphatic carbocycles. The van der Waals surface area contributed by atoms with Crippen LogP contribution < -0.4 is 5.32 Å². The van der Waals surface area contributed by atoms with Gasteiger partial charge in [-0.1, -0.05) is 11.6 Å². The standard InChI is InChI=1S/C9H9BrClN/c1-5-4-7(10)9-6(8(5)11)2-3-12-9/h4,12H,2-3H2,1H3. The number of anilines is 1. The third-order valence-corrected chi connectivity index (χ3v) is 3.32. The molecular formula is C9H9BrClN. The van der Waals surface area contributed by atoms with Crippen molar-refractivity contribution >= 4 is 33.2 Å². The number of benzene rings is 1. The second-order valence-electron chi connectivity index (χ2n) is 3.02. The summed E-state index contributed by atoms with van der Waals surface area (Å²) in [6.45, 7) is 3.03. The molecule has 0 saturated heterocycles. The van der Waals surface area contributed by atoms with E-state index >= 15 is 0 Å². The van der Waals surface area contributed by atoms with Crippen LogP contribution in [0.25, 0.3) is 0 Å². The zero-order valence-electron chi connectivity index (χ0n) is 6.75. The molecular weight excluding hydrogens is 237 g/mol. The molecule has 1 aliphatic heterocycles. The quantitative estimate of drug-likeness (QED) is 0.740. The van der Waals surface area contributed by atoms with Gasteiger partial charge in [-0.3, -0.25) is 0 Å². The molecule has 12 heavy (non-hydrogen) atoms. The third-order valence-electron chi connectivity index (χ3n) is 2.17. The van der Waals surface area contributed by atoms with Gasteiger partial charge in [0.05, 0.1) is 5.69 Å². The molecule has 1 aromatic rings. The second-order valence-corrected chi connectivity index (χ2v) is 4.25. The lowest BCUT2D eigenvalue weighted by Crippen LogP contribution is -1.91. The van der Waals surface area contributed by atoms with Crippen molar-refractivity contribution in [2.24, 2.45) is 0 Å². The summed E-state index contributed by atoms with van der Waals surface area (Å²) in [6, 6.07) is 2.06. The molecule has 0 atom stereocenters. The van der Waals surface area contributed by atoms with Crippen LogP contribution in [0.2, 0.25) is 5.02 Å². The van der Waals surface area contributed by atoms with E-state index in [0.717, 1.165) is 28.0 Å². The summed E-state index contributed by atoms with van der Waals surface area (Å²) in [5.41, 5.74) is 3.57. The average molecular weight is 247 g/mol. The van der Waals surface area contributed by atoms with E-state index in [1.165, 1.54) is 11.3 Å². The van der Waals surface area contributed by atoms with Crippen molar-refractivity contribution in [2.45, 2.75) is 13.3 Å². The maximum atomic E-state index is 6.15. The minimum absolute atomic E-state index is 0.915. The van der Waals surface area contributed by atoms with Crippen LogP contribution in [0.5, 0.6) is 0 Å². The predicted octanol–water partition coefficient (Wildman–Crippen LogP) is 3.38. The zero-order valence-corrected chi connectivity index (χ0v) is 9.09. The van der Waals surface area contributed by atoms with Crippen LogP contribution in [-0.2, 0) is 6.42 Å². The fraction of sp³-hybridized carbons (Fsp3) is 0.333. The van der Waals surface area contributed by atoms with E-state index in [1.54, 1.807) is 0 Å². The van der Waals surface area contributed by atoms with E-state index in [9.17, 15) is 0 Å². The zero-order chi connectivity index (χ0) is 8.72. The number of hydrogen-bond acceptors (Lipinski definition) is 1. The summed E-state index contributed by atoms with van der Waals surface area (Å²) in [5.74, 6) is 0. The molecule has 3 heteroatoms. The molecule has 1 aliphatic rings. The van der Waals surface area contributed by atoms with Crippen LogP contribution in [-0.4, -0.2) is 6.54 Å². The number of rotatable bonds is 0. The third kappa shape index (κ3) is 1.14. The fourth-order valence-electron chi connectivity index (χ4n) is 1.56. The van der Waals surface area contributed by atoms with Crippen molar-refractivity contribution < 1.29 is 0 Å². The van der Waals surface area contributed by atoms with E-state index in [0.29, 0.717) is 0 Å². The van der Waals surface area contributed by atoms with Crippen LogP contribution in [0.15, 0.2) is 10.5 Å². The van der Waals surface area contributed by atoms with Crippen molar-refractivity contribution in [3.63, 3.8) is 0 Å². The van der Waals surface area contributed by atoms with Crippen molar-refractivity contribution in [3.8, 4) is 0 Å². The van der Waals surface area contributed by atoms with E-state index in [-0.39, 0.29) is 0 Å². The Bertz CT molecular complexity index is 336. The van der Waals surface area contributed by atoms with Crippen molar-refractivity contribution in [1.29, 1.82) is 0 Å². The monoisotopic (exact) mass is 245 g/mol. The Morgan fingerprint density at radius 1 is 1.58 bits per heavy atom. The molecule has 0 amide bonds. The highest BCUT2D eigenvalue weighted by Gasteiger charge is 2.17. The summed E-state index contributed by atoms with van der Waals surface area (Å²) in [7, 11) is 0. The average Bonchev–Trinajstić information content (AvgIpc) is 2.48. The van der Waals surface area contributed by atoms with E-state index in [2.05, 4.69) is 27.3 Å². The largest absolute Gasteiger partial charge is 0.384 e. The normalized spacial score (nSPS) is 14.2. The van der Waals surface area contributed by atoms with Crippen molar-refractivity contribution in [1.82, 2.24) is 0 Å². The number of fused-ring (bicyclic) bond motifs is 1. The van der Waals surface area contributed by atoms with Gasteiger partial charge in [-0.25, -0.2) is 0 Å². The van der Waals surface area contributed by atoms with Gasteiger partial charge >= 0.3 is 0 Å². The van der Waals surface area contributed by atoms with Gasteiger partial charge in [0, 0.05) is 16.0 Å².